The van der Waals surface area contributed by atoms with Crippen LogP contribution in [0.5, 0.6) is 0 Å². The number of aryl methyl sites for hydroxylation is 1. The second-order valence-corrected chi connectivity index (χ2v) is 4.05. The van der Waals surface area contributed by atoms with Gasteiger partial charge in [-0.1, -0.05) is 12.1 Å². The smallest absolute Gasteiger partial charge is 0.330 e. The summed E-state index contributed by atoms with van der Waals surface area (Å²) in [5, 5.41) is 0. The first kappa shape index (κ1) is 11.6. The summed E-state index contributed by atoms with van der Waals surface area (Å²) in [6.07, 6.45) is 5.53. The lowest BCUT2D eigenvalue weighted by molar-refractivity contribution is -0.134. The number of methoxy groups -OCH3 is 1. The molecule has 1 aliphatic carbocycles. The van der Waals surface area contributed by atoms with Gasteiger partial charge in [0.05, 0.1) is 7.11 Å². The van der Waals surface area contributed by atoms with Crippen LogP contribution in [0.3, 0.4) is 0 Å². The van der Waals surface area contributed by atoms with E-state index in [1.54, 1.807) is 6.08 Å². The first-order valence-corrected chi connectivity index (χ1v) is 5.63. The molecule has 0 spiro atoms. The number of esters is 1. The molecule has 0 aliphatic heterocycles. The van der Waals surface area contributed by atoms with E-state index in [1.165, 1.54) is 13.2 Å². The van der Waals surface area contributed by atoms with Crippen molar-refractivity contribution in [3.8, 4) is 0 Å². The molecule has 3 heteroatoms. The molecule has 17 heavy (non-hydrogen) atoms. The molecule has 0 fully saturated rings. The van der Waals surface area contributed by atoms with Crippen molar-refractivity contribution in [2.75, 3.05) is 7.11 Å². The molecule has 3 nitrogen and oxygen atoms in total. The molecule has 0 unspecified atom stereocenters. The molecule has 1 aromatic rings. The van der Waals surface area contributed by atoms with E-state index in [1.807, 2.05) is 18.2 Å². The molecule has 0 N–H and O–H groups in total. The number of ether oxygens (including phenoxy) is 1. The maximum absolute atomic E-state index is 11.7. The quantitative estimate of drug-likeness (QED) is 0.578. The summed E-state index contributed by atoms with van der Waals surface area (Å²) < 4.78 is 4.51. The number of carbonyl (C=O) groups excluding carboxylic acids is 2. The molecule has 0 saturated carbocycles. The molecule has 0 heterocycles. The Labute approximate surface area is 100 Å². The van der Waals surface area contributed by atoms with Gasteiger partial charge in [-0.15, -0.1) is 0 Å². The summed E-state index contributed by atoms with van der Waals surface area (Å²) in [5.41, 5.74) is 2.75. The number of ketones is 1. The highest BCUT2D eigenvalue weighted by Gasteiger charge is 2.16. The Hall–Kier alpha value is -1.90. The van der Waals surface area contributed by atoms with Crippen molar-refractivity contribution in [2.24, 2.45) is 0 Å². The largest absolute Gasteiger partial charge is 0.466 e. The zero-order chi connectivity index (χ0) is 12.3. The minimum absolute atomic E-state index is 0.194. The van der Waals surface area contributed by atoms with Crippen LogP contribution in [-0.4, -0.2) is 18.9 Å². The number of Topliss-reactive ketones (excluding diaryl/α,β-unsaturated/α-hetero) is 1. The van der Waals surface area contributed by atoms with Gasteiger partial charge in [0.15, 0.2) is 5.78 Å². The van der Waals surface area contributed by atoms with Gasteiger partial charge in [-0.25, -0.2) is 4.79 Å². The van der Waals surface area contributed by atoms with Crippen LogP contribution in [0.1, 0.15) is 34.3 Å². The monoisotopic (exact) mass is 230 g/mol. The Balaban J connectivity index is 2.26. The highest BCUT2D eigenvalue weighted by molar-refractivity contribution is 5.99. The first-order valence-electron chi connectivity index (χ1n) is 5.63. The van der Waals surface area contributed by atoms with Crippen LogP contribution in [0.25, 0.3) is 6.08 Å². The highest BCUT2D eigenvalue weighted by Crippen LogP contribution is 2.22. The standard InChI is InChI=1S/C14H14O3/c1-17-14(16)8-6-10-5-7-11-3-2-4-13(15)12(11)9-10/h5-9H,2-4H2,1H3. The maximum atomic E-state index is 11.7. The van der Waals surface area contributed by atoms with Crippen molar-refractivity contribution < 1.29 is 14.3 Å². The van der Waals surface area contributed by atoms with Gasteiger partial charge in [-0.3, -0.25) is 4.79 Å². The van der Waals surface area contributed by atoms with E-state index in [9.17, 15) is 9.59 Å². The van der Waals surface area contributed by atoms with Crippen LogP contribution < -0.4 is 0 Å². The fourth-order valence-corrected chi connectivity index (χ4v) is 1.98. The van der Waals surface area contributed by atoms with Gasteiger partial charge in [0, 0.05) is 18.1 Å². The van der Waals surface area contributed by atoms with E-state index in [4.69, 9.17) is 0 Å². The van der Waals surface area contributed by atoms with Gasteiger partial charge >= 0.3 is 5.97 Å². The van der Waals surface area contributed by atoms with Crippen LogP contribution >= 0.6 is 0 Å². The van der Waals surface area contributed by atoms with Gasteiger partial charge < -0.3 is 4.74 Å². The zero-order valence-electron chi connectivity index (χ0n) is 9.73. The van der Waals surface area contributed by atoms with Crippen LogP contribution in [0.2, 0.25) is 0 Å². The molecule has 0 amide bonds. The fourth-order valence-electron chi connectivity index (χ4n) is 1.98. The van der Waals surface area contributed by atoms with E-state index in [0.717, 1.165) is 29.5 Å². The Kier molecular flexibility index (Phi) is 3.38. The van der Waals surface area contributed by atoms with Gasteiger partial charge in [-0.2, -0.15) is 0 Å². The van der Waals surface area contributed by atoms with E-state index in [2.05, 4.69) is 4.74 Å². The second-order valence-electron chi connectivity index (χ2n) is 4.05. The van der Waals surface area contributed by atoms with Crippen molar-refractivity contribution in [3.63, 3.8) is 0 Å². The molecule has 0 saturated heterocycles. The summed E-state index contributed by atoms with van der Waals surface area (Å²) in [6, 6.07) is 5.72. The van der Waals surface area contributed by atoms with E-state index < -0.39 is 5.97 Å². The average Bonchev–Trinajstić information content (AvgIpc) is 2.36. The lowest BCUT2D eigenvalue weighted by Crippen LogP contribution is -2.10. The zero-order valence-corrected chi connectivity index (χ0v) is 9.73. The summed E-state index contributed by atoms with van der Waals surface area (Å²) in [6.45, 7) is 0. The highest BCUT2D eigenvalue weighted by atomic mass is 16.5. The third kappa shape index (κ3) is 2.61. The van der Waals surface area contributed by atoms with E-state index in [0.29, 0.717) is 6.42 Å². The number of rotatable bonds is 2. The van der Waals surface area contributed by atoms with Crippen molar-refractivity contribution in [1.29, 1.82) is 0 Å². The average molecular weight is 230 g/mol. The predicted molar refractivity (Wildman–Crippen MR) is 64.8 cm³/mol. The normalized spacial score (nSPS) is 14.8. The number of benzene rings is 1. The molecular formula is C14H14O3. The predicted octanol–water partition coefficient (Wildman–Crippen LogP) is 2.39. The van der Waals surface area contributed by atoms with Crippen LogP contribution in [-0.2, 0) is 16.0 Å². The molecular weight excluding hydrogens is 216 g/mol. The maximum Gasteiger partial charge on any atom is 0.330 e. The van der Waals surface area contributed by atoms with E-state index >= 15 is 0 Å². The Morgan fingerprint density at radius 2 is 2.18 bits per heavy atom. The minimum atomic E-state index is -0.394. The van der Waals surface area contributed by atoms with Gasteiger partial charge in [0.1, 0.15) is 0 Å². The SMILES string of the molecule is COC(=O)C=Cc1ccc2c(c1)C(=O)CCC2. The molecule has 0 radical (unpaired) electrons. The number of hydrogen-bond acceptors (Lipinski definition) is 3. The molecule has 2 rings (SSSR count). The van der Waals surface area contributed by atoms with Crippen molar-refractivity contribution >= 4 is 17.8 Å². The van der Waals surface area contributed by atoms with Gasteiger partial charge in [-0.05, 0) is 36.1 Å². The summed E-state index contributed by atoms with van der Waals surface area (Å²) in [5.74, 6) is -0.200. The number of hydrogen-bond donors (Lipinski definition) is 0. The van der Waals surface area contributed by atoms with Gasteiger partial charge in [0.2, 0.25) is 0 Å². The van der Waals surface area contributed by atoms with Crippen molar-refractivity contribution in [1.82, 2.24) is 0 Å². The molecule has 0 bridgehead atoms. The first-order chi connectivity index (χ1) is 8.20. The Bertz CT molecular complexity index is 486. The lowest BCUT2D eigenvalue weighted by atomic mass is 9.89. The van der Waals surface area contributed by atoms with Crippen LogP contribution in [0, 0.1) is 0 Å². The minimum Gasteiger partial charge on any atom is -0.466 e. The molecule has 88 valence electrons. The number of carbonyl (C=O) groups is 2. The Morgan fingerprint density at radius 1 is 1.35 bits per heavy atom. The molecule has 1 aromatic carbocycles. The third-order valence-corrected chi connectivity index (χ3v) is 2.90. The molecule has 1 aliphatic rings. The van der Waals surface area contributed by atoms with Crippen molar-refractivity contribution in [3.05, 3.63) is 41.0 Å². The molecule has 0 aromatic heterocycles. The summed E-state index contributed by atoms with van der Waals surface area (Å²) >= 11 is 0. The van der Waals surface area contributed by atoms with Gasteiger partial charge in [0.25, 0.3) is 0 Å². The fraction of sp³-hybridized carbons (Fsp3) is 0.286. The number of fused-ring (bicyclic) bond motifs is 1. The summed E-state index contributed by atoms with van der Waals surface area (Å²) in [4.78, 5) is 22.7. The Morgan fingerprint density at radius 3 is 2.94 bits per heavy atom. The van der Waals surface area contributed by atoms with Crippen LogP contribution in [0.15, 0.2) is 24.3 Å². The lowest BCUT2D eigenvalue weighted by Gasteiger charge is -2.14. The summed E-state index contributed by atoms with van der Waals surface area (Å²) in [7, 11) is 1.34. The topological polar surface area (TPSA) is 43.4 Å². The molecule has 0 atom stereocenters. The third-order valence-electron chi connectivity index (χ3n) is 2.90. The van der Waals surface area contributed by atoms with E-state index in [-0.39, 0.29) is 5.78 Å². The second kappa shape index (κ2) is 4.95. The van der Waals surface area contributed by atoms with Crippen molar-refractivity contribution in [2.45, 2.75) is 19.3 Å². The van der Waals surface area contributed by atoms with Crippen LogP contribution in [0.4, 0.5) is 0 Å².